The molecule has 0 aromatic carbocycles. The van der Waals surface area contributed by atoms with E-state index >= 15 is 0 Å². The largest absolute Gasteiger partial charge is 0.361 e. The number of aryl methyl sites for hydroxylation is 2. The smallest absolute Gasteiger partial charge is 0.318 e. The lowest BCUT2D eigenvalue weighted by molar-refractivity contribution is 0.179. The van der Waals surface area contributed by atoms with Crippen molar-refractivity contribution >= 4 is 6.03 Å². The van der Waals surface area contributed by atoms with Gasteiger partial charge in [-0.05, 0) is 20.3 Å². The van der Waals surface area contributed by atoms with E-state index in [9.17, 15) is 4.79 Å². The van der Waals surface area contributed by atoms with Crippen LogP contribution in [0.1, 0.15) is 42.1 Å². The summed E-state index contributed by atoms with van der Waals surface area (Å²) < 4.78 is 7.29. The van der Waals surface area contributed by atoms with Crippen molar-refractivity contribution in [2.75, 3.05) is 6.54 Å². The van der Waals surface area contributed by atoms with E-state index in [0.717, 1.165) is 35.7 Å². The number of amides is 2. The lowest BCUT2D eigenvalue weighted by atomic mass is 10.0. The SMILES string of the molecule is CCC(NC(=O)N1CCn2cncc2C1)c1c(C)noc1C. The number of hydrogen-bond donors (Lipinski definition) is 1. The van der Waals surface area contributed by atoms with E-state index in [2.05, 4.69) is 20.0 Å². The number of nitrogens with one attached hydrogen (secondary N) is 1. The predicted molar refractivity (Wildman–Crippen MR) is 80.2 cm³/mol. The molecule has 7 heteroatoms. The van der Waals surface area contributed by atoms with Gasteiger partial charge < -0.3 is 19.3 Å². The first-order chi connectivity index (χ1) is 10.6. The third-order valence-electron chi connectivity index (χ3n) is 4.19. The van der Waals surface area contributed by atoms with Crippen LogP contribution in [0.5, 0.6) is 0 Å². The number of carbonyl (C=O) groups is 1. The average molecular weight is 303 g/mol. The van der Waals surface area contributed by atoms with E-state index < -0.39 is 0 Å². The molecule has 1 N–H and O–H groups in total. The second kappa shape index (κ2) is 5.82. The second-order valence-electron chi connectivity index (χ2n) is 5.65. The molecule has 0 fully saturated rings. The maximum Gasteiger partial charge on any atom is 0.318 e. The van der Waals surface area contributed by atoms with Crippen LogP contribution in [0.3, 0.4) is 0 Å². The molecule has 1 aliphatic heterocycles. The normalized spacial score (nSPS) is 15.5. The summed E-state index contributed by atoms with van der Waals surface area (Å²) in [6.45, 7) is 7.88. The molecule has 1 unspecified atom stereocenters. The Kier molecular flexibility index (Phi) is 3.87. The van der Waals surface area contributed by atoms with Gasteiger partial charge in [-0.2, -0.15) is 0 Å². The molecule has 118 valence electrons. The molecule has 0 aliphatic carbocycles. The quantitative estimate of drug-likeness (QED) is 0.942. The highest BCUT2D eigenvalue weighted by atomic mass is 16.5. The van der Waals surface area contributed by atoms with Gasteiger partial charge >= 0.3 is 6.03 Å². The Morgan fingerprint density at radius 1 is 1.45 bits per heavy atom. The number of fused-ring (bicyclic) bond motifs is 1. The van der Waals surface area contributed by atoms with Crippen molar-refractivity contribution in [3.63, 3.8) is 0 Å². The van der Waals surface area contributed by atoms with Gasteiger partial charge in [-0.3, -0.25) is 0 Å². The molecule has 1 atom stereocenters. The van der Waals surface area contributed by atoms with Crippen LogP contribution in [-0.2, 0) is 13.1 Å². The summed E-state index contributed by atoms with van der Waals surface area (Å²) in [6.07, 6.45) is 4.41. The summed E-state index contributed by atoms with van der Waals surface area (Å²) >= 11 is 0. The fraction of sp³-hybridized carbons (Fsp3) is 0.533. The van der Waals surface area contributed by atoms with Crippen LogP contribution in [-0.4, -0.2) is 32.2 Å². The molecule has 3 heterocycles. The molecule has 0 radical (unpaired) electrons. The Morgan fingerprint density at radius 3 is 2.95 bits per heavy atom. The Labute approximate surface area is 129 Å². The van der Waals surface area contributed by atoms with Gasteiger partial charge in [-0.15, -0.1) is 0 Å². The molecule has 7 nitrogen and oxygen atoms in total. The molecule has 0 saturated carbocycles. The Hall–Kier alpha value is -2.31. The highest BCUT2D eigenvalue weighted by Gasteiger charge is 2.25. The fourth-order valence-corrected chi connectivity index (χ4v) is 2.96. The molecular formula is C15H21N5O2. The van der Waals surface area contributed by atoms with Crippen molar-refractivity contribution in [1.29, 1.82) is 0 Å². The summed E-state index contributed by atoms with van der Waals surface area (Å²) in [6, 6.07) is -0.134. The van der Waals surface area contributed by atoms with Crippen LogP contribution in [0.15, 0.2) is 17.0 Å². The maximum atomic E-state index is 12.6. The molecule has 2 amide bonds. The first kappa shape index (κ1) is 14.6. The van der Waals surface area contributed by atoms with Crippen molar-refractivity contribution in [1.82, 2.24) is 24.9 Å². The summed E-state index contributed by atoms with van der Waals surface area (Å²) in [7, 11) is 0. The molecule has 22 heavy (non-hydrogen) atoms. The zero-order valence-electron chi connectivity index (χ0n) is 13.2. The number of rotatable bonds is 3. The van der Waals surface area contributed by atoms with Crippen molar-refractivity contribution in [3.05, 3.63) is 35.2 Å². The van der Waals surface area contributed by atoms with E-state index in [0.29, 0.717) is 13.1 Å². The van der Waals surface area contributed by atoms with Crippen LogP contribution in [0.25, 0.3) is 0 Å². The van der Waals surface area contributed by atoms with Gasteiger partial charge in [-0.25, -0.2) is 9.78 Å². The summed E-state index contributed by atoms with van der Waals surface area (Å²) in [5, 5.41) is 7.08. The summed E-state index contributed by atoms with van der Waals surface area (Å²) in [4.78, 5) is 18.5. The van der Waals surface area contributed by atoms with Crippen molar-refractivity contribution < 1.29 is 9.32 Å². The number of nitrogens with zero attached hydrogens (tertiary/aromatic N) is 4. The first-order valence-corrected chi connectivity index (χ1v) is 7.57. The van der Waals surface area contributed by atoms with Gasteiger partial charge in [0.15, 0.2) is 0 Å². The lowest BCUT2D eigenvalue weighted by Crippen LogP contribution is -2.45. The minimum absolute atomic E-state index is 0.0562. The van der Waals surface area contributed by atoms with E-state index in [1.54, 1.807) is 0 Å². The number of imidazole rings is 1. The van der Waals surface area contributed by atoms with Gasteiger partial charge in [0.25, 0.3) is 0 Å². The minimum Gasteiger partial charge on any atom is -0.361 e. The van der Waals surface area contributed by atoms with Gasteiger partial charge in [0.05, 0.1) is 30.3 Å². The molecule has 1 aliphatic rings. The summed E-state index contributed by atoms with van der Waals surface area (Å²) in [5.74, 6) is 0.765. The van der Waals surface area contributed by atoms with Crippen LogP contribution < -0.4 is 5.32 Å². The van der Waals surface area contributed by atoms with E-state index in [4.69, 9.17) is 4.52 Å². The standard InChI is InChI=1S/C15H21N5O2/c1-4-13(14-10(2)18-22-11(14)3)17-15(21)19-5-6-20-9-16-7-12(20)8-19/h7,9,13H,4-6,8H2,1-3H3,(H,17,21). The number of aromatic nitrogens is 3. The Morgan fingerprint density at radius 2 is 2.27 bits per heavy atom. The monoisotopic (exact) mass is 303 g/mol. The topological polar surface area (TPSA) is 76.2 Å². The molecule has 3 rings (SSSR count). The molecule has 2 aromatic rings. The Balaban J connectivity index is 1.71. The molecular weight excluding hydrogens is 282 g/mol. The van der Waals surface area contributed by atoms with Gasteiger partial charge in [0.2, 0.25) is 0 Å². The number of hydrogen-bond acceptors (Lipinski definition) is 4. The summed E-state index contributed by atoms with van der Waals surface area (Å²) in [5.41, 5.74) is 2.88. The molecule has 0 saturated heterocycles. The van der Waals surface area contributed by atoms with Crippen LogP contribution >= 0.6 is 0 Å². The average Bonchev–Trinajstić information content (AvgIpc) is 3.11. The maximum absolute atomic E-state index is 12.6. The first-order valence-electron chi connectivity index (χ1n) is 7.57. The molecule has 0 bridgehead atoms. The van der Waals surface area contributed by atoms with E-state index in [-0.39, 0.29) is 12.1 Å². The van der Waals surface area contributed by atoms with Crippen molar-refractivity contribution in [2.24, 2.45) is 0 Å². The highest BCUT2D eigenvalue weighted by molar-refractivity contribution is 5.75. The van der Waals surface area contributed by atoms with Crippen LogP contribution in [0.4, 0.5) is 4.79 Å². The van der Waals surface area contributed by atoms with Crippen LogP contribution in [0.2, 0.25) is 0 Å². The highest BCUT2D eigenvalue weighted by Crippen LogP contribution is 2.24. The third kappa shape index (κ3) is 2.58. The molecule has 0 spiro atoms. The van der Waals surface area contributed by atoms with Crippen molar-refractivity contribution in [2.45, 2.75) is 46.3 Å². The fourth-order valence-electron chi connectivity index (χ4n) is 2.96. The van der Waals surface area contributed by atoms with Gasteiger partial charge in [0.1, 0.15) is 5.76 Å². The van der Waals surface area contributed by atoms with Gasteiger partial charge in [-0.1, -0.05) is 12.1 Å². The van der Waals surface area contributed by atoms with Gasteiger partial charge in [0, 0.05) is 24.8 Å². The van der Waals surface area contributed by atoms with E-state index in [1.807, 2.05) is 38.2 Å². The zero-order chi connectivity index (χ0) is 15.7. The molecule has 2 aromatic heterocycles. The van der Waals surface area contributed by atoms with E-state index in [1.165, 1.54) is 0 Å². The predicted octanol–water partition coefficient (Wildman–Crippen LogP) is 2.16. The number of urea groups is 1. The lowest BCUT2D eigenvalue weighted by Gasteiger charge is -2.30. The Bertz CT molecular complexity index is 656. The number of carbonyl (C=O) groups excluding carboxylic acids is 1. The third-order valence-corrected chi connectivity index (χ3v) is 4.19. The van der Waals surface area contributed by atoms with Crippen molar-refractivity contribution in [3.8, 4) is 0 Å². The van der Waals surface area contributed by atoms with Crippen LogP contribution in [0, 0.1) is 13.8 Å². The minimum atomic E-state index is -0.0782. The zero-order valence-corrected chi connectivity index (χ0v) is 13.2. The second-order valence-corrected chi connectivity index (χ2v) is 5.65.